The molecule has 0 aliphatic carbocycles. The van der Waals surface area contributed by atoms with E-state index in [1.54, 1.807) is 30.3 Å². The highest BCUT2D eigenvalue weighted by atomic mass is 79.9. The van der Waals surface area contributed by atoms with Gasteiger partial charge in [-0.15, -0.1) is 0 Å². The van der Waals surface area contributed by atoms with Crippen molar-refractivity contribution in [3.05, 3.63) is 56.5 Å². The first-order valence-electron chi connectivity index (χ1n) is 5.29. The second-order valence-corrected chi connectivity index (χ2v) is 5.51. The highest BCUT2D eigenvalue weighted by molar-refractivity contribution is 9.10. The van der Waals surface area contributed by atoms with E-state index in [0.717, 1.165) is 0 Å². The molecule has 0 saturated carbocycles. The van der Waals surface area contributed by atoms with E-state index in [1.165, 1.54) is 6.07 Å². The predicted molar refractivity (Wildman–Crippen MR) is 83.0 cm³/mol. The Morgan fingerprint density at radius 3 is 2.58 bits per heavy atom. The molecule has 0 aromatic heterocycles. The maximum atomic E-state index is 12.1. The van der Waals surface area contributed by atoms with Crippen molar-refractivity contribution in [2.75, 3.05) is 11.1 Å². The van der Waals surface area contributed by atoms with E-state index >= 15 is 0 Å². The summed E-state index contributed by atoms with van der Waals surface area (Å²) in [5.41, 5.74) is 7.06. The van der Waals surface area contributed by atoms with E-state index in [2.05, 4.69) is 21.2 Å². The third-order valence-electron chi connectivity index (χ3n) is 2.44. The molecule has 3 N–H and O–H groups in total. The Morgan fingerprint density at radius 1 is 1.16 bits per heavy atom. The van der Waals surface area contributed by atoms with Crippen molar-refractivity contribution in [2.24, 2.45) is 0 Å². The van der Waals surface area contributed by atoms with Crippen LogP contribution in [0.2, 0.25) is 10.0 Å². The van der Waals surface area contributed by atoms with E-state index < -0.39 is 0 Å². The molecule has 0 fully saturated rings. The lowest BCUT2D eigenvalue weighted by molar-refractivity contribution is 0.102. The van der Waals surface area contributed by atoms with Gasteiger partial charge in [0.1, 0.15) is 0 Å². The summed E-state index contributed by atoms with van der Waals surface area (Å²) in [5, 5.41) is 3.75. The van der Waals surface area contributed by atoms with Crippen molar-refractivity contribution in [3.8, 4) is 0 Å². The average molecular weight is 360 g/mol. The molecule has 98 valence electrons. The lowest BCUT2D eigenvalue weighted by Gasteiger charge is -2.08. The fourth-order valence-electron chi connectivity index (χ4n) is 1.50. The Labute approximate surface area is 128 Å². The number of carbonyl (C=O) groups is 1. The molecule has 3 nitrogen and oxygen atoms in total. The molecule has 1 amide bonds. The van der Waals surface area contributed by atoms with Crippen LogP contribution in [0.3, 0.4) is 0 Å². The molecule has 0 saturated heterocycles. The third-order valence-corrected chi connectivity index (χ3v) is 3.89. The van der Waals surface area contributed by atoms with Gasteiger partial charge in [-0.1, -0.05) is 23.2 Å². The number of nitrogens with two attached hydrogens (primary N) is 1. The van der Waals surface area contributed by atoms with E-state index in [0.29, 0.717) is 31.5 Å². The minimum atomic E-state index is -0.325. The summed E-state index contributed by atoms with van der Waals surface area (Å²) in [5.74, 6) is -0.325. The first-order valence-corrected chi connectivity index (χ1v) is 6.83. The van der Waals surface area contributed by atoms with Crippen LogP contribution in [0.25, 0.3) is 0 Å². The van der Waals surface area contributed by atoms with Gasteiger partial charge < -0.3 is 11.1 Å². The number of benzene rings is 2. The van der Waals surface area contributed by atoms with E-state index in [-0.39, 0.29) is 5.91 Å². The molecule has 0 atom stereocenters. The van der Waals surface area contributed by atoms with Gasteiger partial charge in [0, 0.05) is 20.9 Å². The van der Waals surface area contributed by atoms with Crippen LogP contribution in [-0.2, 0) is 0 Å². The van der Waals surface area contributed by atoms with Crippen molar-refractivity contribution < 1.29 is 4.79 Å². The number of amides is 1. The van der Waals surface area contributed by atoms with Gasteiger partial charge in [-0.05, 0) is 52.3 Å². The summed E-state index contributed by atoms with van der Waals surface area (Å²) in [7, 11) is 0. The van der Waals surface area contributed by atoms with Crippen LogP contribution in [0.15, 0.2) is 40.9 Å². The zero-order chi connectivity index (χ0) is 14.0. The van der Waals surface area contributed by atoms with Crippen LogP contribution in [-0.4, -0.2) is 5.91 Å². The number of nitrogens with one attached hydrogen (secondary N) is 1. The van der Waals surface area contributed by atoms with Gasteiger partial charge in [-0.2, -0.15) is 0 Å². The maximum absolute atomic E-state index is 12.1. The number of hydrogen-bond acceptors (Lipinski definition) is 2. The lowest BCUT2D eigenvalue weighted by Crippen LogP contribution is -2.14. The molecule has 0 aliphatic rings. The Morgan fingerprint density at radius 2 is 1.89 bits per heavy atom. The van der Waals surface area contributed by atoms with Crippen LogP contribution in [0, 0.1) is 0 Å². The second-order valence-electron chi connectivity index (χ2n) is 3.81. The molecule has 0 radical (unpaired) electrons. The highest BCUT2D eigenvalue weighted by Crippen LogP contribution is 2.26. The van der Waals surface area contributed by atoms with Gasteiger partial charge in [-0.3, -0.25) is 4.79 Å². The summed E-state index contributed by atoms with van der Waals surface area (Å²) in [6.45, 7) is 0. The molecule has 19 heavy (non-hydrogen) atoms. The van der Waals surface area contributed by atoms with Crippen molar-refractivity contribution in [2.45, 2.75) is 0 Å². The molecule has 6 heteroatoms. The topological polar surface area (TPSA) is 55.1 Å². The number of carbonyl (C=O) groups excluding carboxylic acids is 1. The minimum absolute atomic E-state index is 0.325. The highest BCUT2D eigenvalue weighted by Gasteiger charge is 2.11. The molecule has 0 bridgehead atoms. The summed E-state index contributed by atoms with van der Waals surface area (Å²) >= 11 is 15.0. The molecule has 0 aliphatic heterocycles. The fraction of sp³-hybridized carbons (Fsp3) is 0. The van der Waals surface area contributed by atoms with Crippen LogP contribution < -0.4 is 11.1 Å². The molecule has 0 heterocycles. The Balaban J connectivity index is 2.25. The number of halogens is 3. The van der Waals surface area contributed by atoms with Crippen molar-refractivity contribution in [1.29, 1.82) is 0 Å². The summed E-state index contributed by atoms with van der Waals surface area (Å²) in [6.07, 6.45) is 0. The van der Waals surface area contributed by atoms with Crippen molar-refractivity contribution in [1.82, 2.24) is 0 Å². The quantitative estimate of drug-likeness (QED) is 0.770. The van der Waals surface area contributed by atoms with Gasteiger partial charge >= 0.3 is 0 Å². The SMILES string of the molecule is Nc1ccc(Cl)cc1C(=O)Nc1ccc(Cl)c(Br)c1. The van der Waals surface area contributed by atoms with E-state index in [9.17, 15) is 4.79 Å². The van der Waals surface area contributed by atoms with Crippen molar-refractivity contribution >= 4 is 56.4 Å². The van der Waals surface area contributed by atoms with Gasteiger partial charge in [0.2, 0.25) is 0 Å². The van der Waals surface area contributed by atoms with Gasteiger partial charge in [0.25, 0.3) is 5.91 Å². The van der Waals surface area contributed by atoms with Crippen LogP contribution in [0.4, 0.5) is 11.4 Å². The maximum Gasteiger partial charge on any atom is 0.257 e. The lowest BCUT2D eigenvalue weighted by atomic mass is 10.1. The molecule has 0 spiro atoms. The monoisotopic (exact) mass is 358 g/mol. The van der Waals surface area contributed by atoms with Crippen LogP contribution in [0.1, 0.15) is 10.4 Å². The van der Waals surface area contributed by atoms with Crippen LogP contribution in [0.5, 0.6) is 0 Å². The number of anilines is 2. The van der Waals surface area contributed by atoms with Gasteiger partial charge in [0.05, 0.1) is 10.6 Å². The zero-order valence-electron chi connectivity index (χ0n) is 9.58. The van der Waals surface area contributed by atoms with Gasteiger partial charge in [-0.25, -0.2) is 0 Å². The number of hydrogen-bond donors (Lipinski definition) is 2. The number of rotatable bonds is 2. The minimum Gasteiger partial charge on any atom is -0.398 e. The summed E-state index contributed by atoms with van der Waals surface area (Å²) in [6, 6.07) is 9.84. The van der Waals surface area contributed by atoms with Gasteiger partial charge in [0.15, 0.2) is 0 Å². The average Bonchev–Trinajstić information content (AvgIpc) is 2.36. The molecular weight excluding hydrogens is 351 g/mol. The number of nitrogen functional groups attached to an aromatic ring is 1. The standard InChI is InChI=1S/C13H9BrCl2N2O/c14-10-6-8(2-3-11(10)16)18-13(19)9-5-7(15)1-4-12(9)17/h1-6H,17H2,(H,18,19). The summed E-state index contributed by atoms with van der Waals surface area (Å²) < 4.78 is 0.700. The van der Waals surface area contributed by atoms with Crippen molar-refractivity contribution in [3.63, 3.8) is 0 Å². The molecule has 0 unspecified atom stereocenters. The molecule has 2 rings (SSSR count). The fourth-order valence-corrected chi connectivity index (χ4v) is 2.17. The smallest absolute Gasteiger partial charge is 0.257 e. The molecule has 2 aromatic rings. The van der Waals surface area contributed by atoms with E-state index in [4.69, 9.17) is 28.9 Å². The first-order chi connectivity index (χ1) is 8.97. The molecule has 2 aromatic carbocycles. The van der Waals surface area contributed by atoms with E-state index in [1.807, 2.05) is 0 Å². The summed E-state index contributed by atoms with van der Waals surface area (Å²) in [4.78, 5) is 12.1. The zero-order valence-corrected chi connectivity index (χ0v) is 12.7. The Kier molecular flexibility index (Phi) is 4.34. The second kappa shape index (κ2) is 5.82. The Bertz CT molecular complexity index is 647. The predicted octanol–water partition coefficient (Wildman–Crippen LogP) is 4.59. The third kappa shape index (κ3) is 3.41. The first kappa shape index (κ1) is 14.2. The van der Waals surface area contributed by atoms with Crippen LogP contribution >= 0.6 is 39.1 Å². The Hall–Kier alpha value is -1.23. The molecular formula is C13H9BrCl2N2O. The normalized spacial score (nSPS) is 10.3. The largest absolute Gasteiger partial charge is 0.398 e.